The van der Waals surface area contributed by atoms with Gasteiger partial charge in [0.2, 0.25) is 11.1 Å². The molecule has 0 aliphatic carbocycles. The SMILES string of the molecule is COc1ccc(CCNc2nc(Cl)ncc2[N+](=O)[O-])cc1. The van der Waals surface area contributed by atoms with Crippen LogP contribution in [0.3, 0.4) is 0 Å². The number of nitro groups is 1. The minimum Gasteiger partial charge on any atom is -0.497 e. The summed E-state index contributed by atoms with van der Waals surface area (Å²) in [7, 11) is 1.61. The van der Waals surface area contributed by atoms with Gasteiger partial charge >= 0.3 is 5.69 Å². The first-order valence-electron chi connectivity index (χ1n) is 6.14. The average molecular weight is 309 g/mol. The monoisotopic (exact) mass is 308 g/mol. The Morgan fingerprint density at radius 3 is 2.71 bits per heavy atom. The van der Waals surface area contributed by atoms with Crippen LogP contribution < -0.4 is 10.1 Å². The molecule has 2 aromatic rings. The Hall–Kier alpha value is -2.41. The van der Waals surface area contributed by atoms with Gasteiger partial charge in [-0.2, -0.15) is 4.98 Å². The van der Waals surface area contributed by atoms with E-state index < -0.39 is 4.92 Å². The molecule has 0 aliphatic rings. The minimum atomic E-state index is -0.550. The van der Waals surface area contributed by atoms with Crippen LogP contribution in [0.5, 0.6) is 5.75 Å². The van der Waals surface area contributed by atoms with E-state index >= 15 is 0 Å². The van der Waals surface area contributed by atoms with E-state index in [1.54, 1.807) is 7.11 Å². The Bertz CT molecular complexity index is 634. The zero-order chi connectivity index (χ0) is 15.2. The largest absolute Gasteiger partial charge is 0.497 e. The second-order valence-corrected chi connectivity index (χ2v) is 4.49. The molecule has 0 amide bonds. The van der Waals surface area contributed by atoms with Crippen LogP contribution in [0.25, 0.3) is 0 Å². The van der Waals surface area contributed by atoms with Gasteiger partial charge in [0.15, 0.2) is 0 Å². The third-order valence-electron chi connectivity index (χ3n) is 2.80. The summed E-state index contributed by atoms with van der Waals surface area (Å²) in [5.74, 6) is 0.901. The maximum atomic E-state index is 10.9. The van der Waals surface area contributed by atoms with Crippen LogP contribution in [0, 0.1) is 10.1 Å². The number of benzene rings is 1. The van der Waals surface area contributed by atoms with Crippen LogP contribution in [0.1, 0.15) is 5.56 Å². The predicted octanol–water partition coefficient (Wildman–Crippen LogP) is 2.70. The van der Waals surface area contributed by atoms with E-state index in [2.05, 4.69) is 15.3 Å². The van der Waals surface area contributed by atoms with Gasteiger partial charge < -0.3 is 10.1 Å². The number of rotatable bonds is 6. The van der Waals surface area contributed by atoms with Gasteiger partial charge in [-0.15, -0.1) is 0 Å². The summed E-state index contributed by atoms with van der Waals surface area (Å²) < 4.78 is 5.08. The molecule has 0 atom stereocenters. The summed E-state index contributed by atoms with van der Waals surface area (Å²) in [6.07, 6.45) is 1.77. The van der Waals surface area contributed by atoms with Gasteiger partial charge in [0.05, 0.1) is 12.0 Å². The molecule has 0 spiro atoms. The molecular weight excluding hydrogens is 296 g/mol. The number of aromatic nitrogens is 2. The van der Waals surface area contributed by atoms with Crippen molar-refractivity contribution >= 4 is 23.1 Å². The van der Waals surface area contributed by atoms with Gasteiger partial charge in [-0.1, -0.05) is 12.1 Å². The van der Waals surface area contributed by atoms with E-state index in [-0.39, 0.29) is 16.8 Å². The Morgan fingerprint density at radius 2 is 2.10 bits per heavy atom. The van der Waals surface area contributed by atoms with Gasteiger partial charge in [0.25, 0.3) is 0 Å². The summed E-state index contributed by atoms with van der Waals surface area (Å²) in [6, 6.07) is 7.59. The second-order valence-electron chi connectivity index (χ2n) is 4.15. The topological polar surface area (TPSA) is 90.2 Å². The quantitative estimate of drug-likeness (QED) is 0.501. The zero-order valence-electron chi connectivity index (χ0n) is 11.2. The van der Waals surface area contributed by atoms with Crippen LogP contribution in [0.2, 0.25) is 5.28 Å². The molecule has 0 unspecified atom stereocenters. The predicted molar refractivity (Wildman–Crippen MR) is 78.9 cm³/mol. The van der Waals surface area contributed by atoms with Crippen molar-refractivity contribution in [1.29, 1.82) is 0 Å². The highest BCUT2D eigenvalue weighted by Crippen LogP contribution is 2.21. The molecule has 110 valence electrons. The number of halogens is 1. The fourth-order valence-corrected chi connectivity index (χ4v) is 1.87. The van der Waals surface area contributed by atoms with Crippen LogP contribution in [0.15, 0.2) is 30.5 Å². The minimum absolute atomic E-state index is 0.0347. The molecular formula is C13H13ClN4O3. The molecule has 0 aliphatic heterocycles. The summed E-state index contributed by atoms with van der Waals surface area (Å²) in [5.41, 5.74) is 0.875. The van der Waals surface area contributed by atoms with E-state index in [0.29, 0.717) is 13.0 Å². The summed E-state index contributed by atoms with van der Waals surface area (Å²) in [4.78, 5) is 17.8. The van der Waals surface area contributed by atoms with Crippen molar-refractivity contribution in [1.82, 2.24) is 9.97 Å². The van der Waals surface area contributed by atoms with Crippen molar-refractivity contribution < 1.29 is 9.66 Å². The third kappa shape index (κ3) is 4.03. The first-order valence-corrected chi connectivity index (χ1v) is 6.51. The lowest BCUT2D eigenvalue weighted by molar-refractivity contribution is -0.384. The van der Waals surface area contributed by atoms with Crippen molar-refractivity contribution in [2.24, 2.45) is 0 Å². The Labute approximate surface area is 126 Å². The molecule has 0 radical (unpaired) electrons. The van der Waals surface area contributed by atoms with Gasteiger partial charge in [-0.05, 0) is 35.7 Å². The molecule has 1 N–H and O–H groups in total. The van der Waals surface area contributed by atoms with E-state index in [1.807, 2.05) is 24.3 Å². The molecule has 0 saturated carbocycles. The van der Waals surface area contributed by atoms with Crippen LogP contribution in [-0.4, -0.2) is 28.5 Å². The molecule has 1 aromatic carbocycles. The second kappa shape index (κ2) is 6.85. The highest BCUT2D eigenvalue weighted by Gasteiger charge is 2.16. The normalized spacial score (nSPS) is 10.2. The van der Waals surface area contributed by atoms with Crippen molar-refractivity contribution in [2.45, 2.75) is 6.42 Å². The van der Waals surface area contributed by atoms with Crippen molar-refractivity contribution in [2.75, 3.05) is 19.0 Å². The van der Waals surface area contributed by atoms with Crippen molar-refractivity contribution in [3.63, 3.8) is 0 Å². The van der Waals surface area contributed by atoms with Crippen LogP contribution in [0.4, 0.5) is 11.5 Å². The van der Waals surface area contributed by atoms with Crippen molar-refractivity contribution in [3.05, 3.63) is 51.4 Å². The molecule has 1 aromatic heterocycles. The molecule has 1 heterocycles. The fraction of sp³-hybridized carbons (Fsp3) is 0.231. The number of anilines is 1. The highest BCUT2D eigenvalue weighted by molar-refractivity contribution is 6.28. The van der Waals surface area contributed by atoms with E-state index in [9.17, 15) is 10.1 Å². The van der Waals surface area contributed by atoms with Crippen molar-refractivity contribution in [3.8, 4) is 5.75 Å². The molecule has 8 heteroatoms. The fourth-order valence-electron chi connectivity index (χ4n) is 1.74. The van der Waals surface area contributed by atoms with E-state index in [4.69, 9.17) is 16.3 Å². The standard InChI is InChI=1S/C13H13ClN4O3/c1-21-10-4-2-9(3-5-10)6-7-15-12-11(18(19)20)8-16-13(14)17-12/h2-5,8H,6-7H2,1H3,(H,15,16,17). The first kappa shape index (κ1) is 15.0. The number of hydrogen-bond donors (Lipinski definition) is 1. The molecule has 2 rings (SSSR count). The van der Waals surface area contributed by atoms with Gasteiger partial charge in [-0.25, -0.2) is 4.98 Å². The lowest BCUT2D eigenvalue weighted by atomic mass is 10.1. The lowest BCUT2D eigenvalue weighted by Gasteiger charge is -2.07. The maximum absolute atomic E-state index is 10.9. The van der Waals surface area contributed by atoms with E-state index in [1.165, 1.54) is 0 Å². The maximum Gasteiger partial charge on any atom is 0.329 e. The van der Waals surface area contributed by atoms with Gasteiger partial charge in [-0.3, -0.25) is 10.1 Å². The van der Waals surface area contributed by atoms with E-state index in [0.717, 1.165) is 17.5 Å². The third-order valence-corrected chi connectivity index (χ3v) is 2.98. The Balaban J connectivity index is 1.99. The molecule has 21 heavy (non-hydrogen) atoms. The Kier molecular flexibility index (Phi) is 4.89. The summed E-state index contributed by atoms with van der Waals surface area (Å²) >= 11 is 5.65. The number of nitrogens with zero attached hydrogens (tertiary/aromatic N) is 3. The number of ether oxygens (including phenoxy) is 1. The van der Waals surface area contributed by atoms with Gasteiger partial charge in [0, 0.05) is 6.54 Å². The number of nitrogens with one attached hydrogen (secondary N) is 1. The first-order chi connectivity index (χ1) is 10.1. The van der Waals surface area contributed by atoms with Crippen LogP contribution >= 0.6 is 11.6 Å². The number of methoxy groups -OCH3 is 1. The molecule has 0 fully saturated rings. The molecule has 0 saturated heterocycles. The Morgan fingerprint density at radius 1 is 1.38 bits per heavy atom. The van der Waals surface area contributed by atoms with Crippen LogP contribution in [-0.2, 0) is 6.42 Å². The smallest absolute Gasteiger partial charge is 0.329 e. The zero-order valence-corrected chi connectivity index (χ0v) is 12.0. The molecule has 7 nitrogen and oxygen atoms in total. The molecule has 0 bridgehead atoms. The summed E-state index contributed by atoms with van der Waals surface area (Å²) in [5, 5.41) is 13.7. The van der Waals surface area contributed by atoms with Gasteiger partial charge in [0.1, 0.15) is 11.9 Å². The summed E-state index contributed by atoms with van der Waals surface area (Å²) in [6.45, 7) is 0.487. The lowest BCUT2D eigenvalue weighted by Crippen LogP contribution is -2.09. The number of hydrogen-bond acceptors (Lipinski definition) is 6. The average Bonchev–Trinajstić information content (AvgIpc) is 2.48. The highest BCUT2D eigenvalue weighted by atomic mass is 35.5.